The lowest BCUT2D eigenvalue weighted by molar-refractivity contribution is 0.340. The Labute approximate surface area is 82.1 Å². The molecule has 0 aliphatic heterocycles. The van der Waals surface area contributed by atoms with Crippen LogP contribution in [0.5, 0.6) is 5.75 Å². The highest BCUT2D eigenvalue weighted by molar-refractivity contribution is 6.60. The summed E-state index contributed by atoms with van der Waals surface area (Å²) in [5, 5.41) is 18.3. The van der Waals surface area contributed by atoms with Gasteiger partial charge in [0.1, 0.15) is 5.75 Å². The average Bonchev–Trinajstić information content (AvgIpc) is 2.08. The summed E-state index contributed by atoms with van der Waals surface area (Å²) in [5.74, 6) is 0.335. The molecule has 0 radical (unpaired) electrons. The maximum Gasteiger partial charge on any atom is 0.492 e. The van der Waals surface area contributed by atoms with Gasteiger partial charge >= 0.3 is 7.12 Å². The van der Waals surface area contributed by atoms with Crippen LogP contribution in [-0.2, 0) is 0 Å². The summed E-state index contributed by atoms with van der Waals surface area (Å²) in [7, 11) is -1.56. The van der Waals surface area contributed by atoms with Crippen molar-refractivity contribution in [3.05, 3.63) is 23.2 Å². The van der Waals surface area contributed by atoms with Crippen molar-refractivity contribution in [2.45, 2.75) is 6.92 Å². The topological polar surface area (TPSA) is 49.7 Å². The third kappa shape index (κ3) is 2.37. The molecule has 5 heteroatoms. The second-order valence-electron chi connectivity index (χ2n) is 2.46. The van der Waals surface area contributed by atoms with Crippen LogP contribution in [0.15, 0.2) is 18.2 Å². The summed E-state index contributed by atoms with van der Waals surface area (Å²) in [6, 6.07) is 4.83. The average molecular weight is 200 g/mol. The molecule has 0 spiro atoms. The number of hydrogen-bond donors (Lipinski definition) is 2. The van der Waals surface area contributed by atoms with Crippen LogP contribution in [0.2, 0.25) is 5.02 Å². The standard InChI is InChI=1S/C8H10BClO3/c1-2-13-8-6(9(11)12)4-3-5-7(8)10/h3-5,11-12H,2H2,1H3. The molecule has 2 N–H and O–H groups in total. The molecule has 0 heterocycles. The fourth-order valence-corrected chi connectivity index (χ4v) is 1.26. The predicted molar refractivity (Wildman–Crippen MR) is 52.4 cm³/mol. The van der Waals surface area contributed by atoms with Gasteiger partial charge in [-0.15, -0.1) is 0 Å². The molecule has 3 nitrogen and oxygen atoms in total. The van der Waals surface area contributed by atoms with Gasteiger partial charge < -0.3 is 14.8 Å². The van der Waals surface area contributed by atoms with Gasteiger partial charge in [-0.25, -0.2) is 0 Å². The third-order valence-corrected chi connectivity index (χ3v) is 1.86. The number of halogens is 1. The van der Waals surface area contributed by atoms with E-state index in [0.717, 1.165) is 0 Å². The third-order valence-electron chi connectivity index (χ3n) is 1.56. The summed E-state index contributed by atoms with van der Waals surface area (Å²) in [4.78, 5) is 0. The first-order chi connectivity index (χ1) is 6.16. The van der Waals surface area contributed by atoms with Crippen LogP contribution < -0.4 is 10.2 Å². The molecule has 0 atom stereocenters. The van der Waals surface area contributed by atoms with Gasteiger partial charge in [-0.05, 0) is 13.0 Å². The van der Waals surface area contributed by atoms with Crippen LogP contribution in [0.25, 0.3) is 0 Å². The monoisotopic (exact) mass is 200 g/mol. The van der Waals surface area contributed by atoms with E-state index in [9.17, 15) is 0 Å². The molecule has 1 rings (SSSR count). The maximum absolute atomic E-state index is 8.97. The lowest BCUT2D eigenvalue weighted by atomic mass is 9.79. The van der Waals surface area contributed by atoms with E-state index in [-0.39, 0.29) is 5.46 Å². The maximum atomic E-state index is 8.97. The zero-order valence-electron chi connectivity index (χ0n) is 7.20. The van der Waals surface area contributed by atoms with Gasteiger partial charge in [0.25, 0.3) is 0 Å². The van der Waals surface area contributed by atoms with Crippen molar-refractivity contribution in [3.8, 4) is 5.75 Å². The first-order valence-electron chi connectivity index (χ1n) is 3.94. The number of ether oxygens (including phenoxy) is 1. The minimum absolute atomic E-state index is 0.286. The second kappa shape index (κ2) is 4.51. The van der Waals surface area contributed by atoms with E-state index in [0.29, 0.717) is 17.4 Å². The Kier molecular flexibility index (Phi) is 3.60. The van der Waals surface area contributed by atoms with Crippen molar-refractivity contribution < 1.29 is 14.8 Å². The SMILES string of the molecule is CCOc1c(Cl)cccc1B(O)O. The minimum Gasteiger partial charge on any atom is -0.493 e. The first-order valence-corrected chi connectivity index (χ1v) is 4.32. The zero-order chi connectivity index (χ0) is 9.84. The molecular formula is C8H10BClO3. The van der Waals surface area contributed by atoms with E-state index in [2.05, 4.69) is 0 Å². The summed E-state index contributed by atoms with van der Waals surface area (Å²) in [5.41, 5.74) is 0.286. The quantitative estimate of drug-likeness (QED) is 0.695. The minimum atomic E-state index is -1.56. The molecule has 0 saturated carbocycles. The molecule has 0 bridgehead atoms. The van der Waals surface area contributed by atoms with Crippen LogP contribution in [0.3, 0.4) is 0 Å². The molecule has 0 aromatic heterocycles. The zero-order valence-corrected chi connectivity index (χ0v) is 7.95. The van der Waals surface area contributed by atoms with E-state index >= 15 is 0 Å². The predicted octanol–water partition coefficient (Wildman–Crippen LogP) is 0.418. The molecule has 0 amide bonds. The molecule has 0 unspecified atom stereocenters. The van der Waals surface area contributed by atoms with Gasteiger partial charge in [0.05, 0.1) is 11.6 Å². The van der Waals surface area contributed by atoms with Crippen molar-refractivity contribution >= 4 is 24.2 Å². The normalized spacial score (nSPS) is 9.85. The summed E-state index contributed by atoms with van der Waals surface area (Å²) >= 11 is 5.81. The molecule has 1 aromatic rings. The first kappa shape index (κ1) is 10.4. The number of benzene rings is 1. The van der Waals surface area contributed by atoms with Gasteiger partial charge in [-0.1, -0.05) is 23.7 Å². The Bertz CT molecular complexity index is 291. The lowest BCUT2D eigenvalue weighted by Crippen LogP contribution is -2.31. The van der Waals surface area contributed by atoms with Crippen molar-refractivity contribution in [2.24, 2.45) is 0 Å². The highest BCUT2D eigenvalue weighted by Gasteiger charge is 2.18. The van der Waals surface area contributed by atoms with Gasteiger partial charge in [0, 0.05) is 5.46 Å². The number of para-hydroxylation sites is 1. The highest BCUT2D eigenvalue weighted by Crippen LogP contribution is 2.21. The highest BCUT2D eigenvalue weighted by atomic mass is 35.5. The van der Waals surface area contributed by atoms with Gasteiger partial charge in [-0.2, -0.15) is 0 Å². The van der Waals surface area contributed by atoms with E-state index in [1.165, 1.54) is 0 Å². The fourth-order valence-electron chi connectivity index (χ4n) is 1.03. The van der Waals surface area contributed by atoms with Crippen molar-refractivity contribution in [2.75, 3.05) is 6.61 Å². The van der Waals surface area contributed by atoms with Crippen LogP contribution >= 0.6 is 11.6 Å². The number of rotatable bonds is 3. The van der Waals surface area contributed by atoms with Crippen LogP contribution in [-0.4, -0.2) is 23.8 Å². The largest absolute Gasteiger partial charge is 0.493 e. The summed E-state index contributed by atoms with van der Waals surface area (Å²) < 4.78 is 5.18. The number of hydrogen-bond acceptors (Lipinski definition) is 3. The van der Waals surface area contributed by atoms with Crippen molar-refractivity contribution in [1.29, 1.82) is 0 Å². The molecule has 0 aliphatic rings. The van der Waals surface area contributed by atoms with Gasteiger partial charge in [0.15, 0.2) is 0 Å². The van der Waals surface area contributed by atoms with Gasteiger partial charge in [-0.3, -0.25) is 0 Å². The van der Waals surface area contributed by atoms with Crippen molar-refractivity contribution in [3.63, 3.8) is 0 Å². The second-order valence-corrected chi connectivity index (χ2v) is 2.87. The van der Waals surface area contributed by atoms with E-state index in [1.807, 2.05) is 0 Å². The van der Waals surface area contributed by atoms with E-state index < -0.39 is 7.12 Å². The van der Waals surface area contributed by atoms with Crippen LogP contribution in [0, 0.1) is 0 Å². The molecule has 0 aliphatic carbocycles. The molecule has 13 heavy (non-hydrogen) atoms. The molecular weight excluding hydrogens is 190 g/mol. The Morgan fingerprint density at radius 3 is 2.69 bits per heavy atom. The fraction of sp³-hybridized carbons (Fsp3) is 0.250. The van der Waals surface area contributed by atoms with Crippen molar-refractivity contribution in [1.82, 2.24) is 0 Å². The Balaban J connectivity index is 3.09. The van der Waals surface area contributed by atoms with Crippen LogP contribution in [0.4, 0.5) is 0 Å². The summed E-state index contributed by atoms with van der Waals surface area (Å²) in [6.07, 6.45) is 0. The molecule has 0 fully saturated rings. The molecule has 70 valence electrons. The Morgan fingerprint density at radius 2 is 2.15 bits per heavy atom. The van der Waals surface area contributed by atoms with E-state index in [4.69, 9.17) is 26.4 Å². The van der Waals surface area contributed by atoms with E-state index in [1.54, 1.807) is 25.1 Å². The lowest BCUT2D eigenvalue weighted by Gasteiger charge is -2.10. The molecule has 1 aromatic carbocycles. The Hall–Kier alpha value is -0.705. The molecule has 0 saturated heterocycles. The Morgan fingerprint density at radius 1 is 1.46 bits per heavy atom. The van der Waals surface area contributed by atoms with Gasteiger partial charge in [0.2, 0.25) is 0 Å². The summed E-state index contributed by atoms with van der Waals surface area (Å²) in [6.45, 7) is 2.24. The smallest absolute Gasteiger partial charge is 0.492 e. The van der Waals surface area contributed by atoms with Crippen LogP contribution in [0.1, 0.15) is 6.92 Å².